The van der Waals surface area contributed by atoms with E-state index in [0.717, 1.165) is 0 Å². The molecule has 1 aliphatic heterocycles. The number of alkyl halides is 3. The SMILES string of the molecule is NN1C(=O)CC(C(F)(F)F)C1=O. The summed E-state index contributed by atoms with van der Waals surface area (Å²) in [5.74, 6) is 0.109. The average molecular weight is 182 g/mol. The van der Waals surface area contributed by atoms with Crippen molar-refractivity contribution in [3.05, 3.63) is 0 Å². The molecule has 0 bridgehead atoms. The Labute approximate surface area is 65.1 Å². The topological polar surface area (TPSA) is 63.4 Å². The zero-order chi connectivity index (χ0) is 9.52. The van der Waals surface area contributed by atoms with E-state index in [9.17, 15) is 22.8 Å². The predicted octanol–water partition coefficient (Wildman–Crippen LogP) is -0.202. The Bertz CT molecular complexity index is 237. The summed E-state index contributed by atoms with van der Waals surface area (Å²) in [6.07, 6.45) is -5.56. The van der Waals surface area contributed by atoms with Gasteiger partial charge in [0.15, 0.2) is 0 Å². The lowest BCUT2D eigenvalue weighted by Gasteiger charge is -2.11. The summed E-state index contributed by atoms with van der Waals surface area (Å²) >= 11 is 0. The minimum absolute atomic E-state index is 0.0121. The van der Waals surface area contributed by atoms with Gasteiger partial charge < -0.3 is 0 Å². The van der Waals surface area contributed by atoms with Crippen LogP contribution >= 0.6 is 0 Å². The van der Waals surface area contributed by atoms with Gasteiger partial charge >= 0.3 is 6.18 Å². The molecule has 1 heterocycles. The van der Waals surface area contributed by atoms with Gasteiger partial charge in [-0.3, -0.25) is 9.59 Å². The molecular weight excluding hydrogens is 177 g/mol. The molecule has 1 rings (SSSR count). The highest BCUT2D eigenvalue weighted by Gasteiger charge is 2.53. The van der Waals surface area contributed by atoms with Gasteiger partial charge in [0.05, 0.1) is 0 Å². The number of halogens is 3. The molecule has 1 atom stereocenters. The Morgan fingerprint density at radius 3 is 2.08 bits per heavy atom. The van der Waals surface area contributed by atoms with Crippen LogP contribution in [-0.2, 0) is 9.59 Å². The van der Waals surface area contributed by atoms with E-state index in [-0.39, 0.29) is 5.01 Å². The molecule has 1 aliphatic rings. The van der Waals surface area contributed by atoms with E-state index in [4.69, 9.17) is 5.84 Å². The summed E-state index contributed by atoms with van der Waals surface area (Å²) in [7, 11) is 0. The number of hydrogen-bond acceptors (Lipinski definition) is 3. The van der Waals surface area contributed by atoms with Crippen molar-refractivity contribution in [1.82, 2.24) is 5.01 Å². The fourth-order valence-electron chi connectivity index (χ4n) is 0.907. The highest BCUT2D eigenvalue weighted by atomic mass is 19.4. The predicted molar refractivity (Wildman–Crippen MR) is 30.2 cm³/mol. The summed E-state index contributed by atoms with van der Waals surface area (Å²) in [5, 5.41) is 0.0121. The molecule has 0 saturated carbocycles. The Kier molecular flexibility index (Phi) is 1.83. The van der Waals surface area contributed by atoms with Crippen molar-refractivity contribution >= 4 is 11.8 Å². The van der Waals surface area contributed by atoms with Crippen LogP contribution in [0.1, 0.15) is 6.42 Å². The molecule has 0 radical (unpaired) electrons. The third-order valence-corrected chi connectivity index (χ3v) is 1.58. The second kappa shape index (κ2) is 2.44. The first kappa shape index (κ1) is 8.98. The van der Waals surface area contributed by atoms with E-state index in [1.54, 1.807) is 0 Å². The summed E-state index contributed by atoms with van der Waals surface area (Å²) in [4.78, 5) is 21.1. The Morgan fingerprint density at radius 1 is 1.42 bits per heavy atom. The molecule has 0 spiro atoms. The molecule has 0 aromatic heterocycles. The van der Waals surface area contributed by atoms with E-state index in [1.165, 1.54) is 0 Å². The van der Waals surface area contributed by atoms with Gasteiger partial charge in [-0.05, 0) is 0 Å². The maximum Gasteiger partial charge on any atom is 0.401 e. The molecule has 1 unspecified atom stereocenters. The van der Waals surface area contributed by atoms with E-state index >= 15 is 0 Å². The van der Waals surface area contributed by atoms with Gasteiger partial charge in [0.25, 0.3) is 5.91 Å². The molecule has 12 heavy (non-hydrogen) atoms. The Hall–Kier alpha value is -1.11. The number of hydrazine groups is 1. The zero-order valence-corrected chi connectivity index (χ0v) is 5.76. The first-order valence-electron chi connectivity index (χ1n) is 3.02. The van der Waals surface area contributed by atoms with Crippen molar-refractivity contribution < 1.29 is 22.8 Å². The van der Waals surface area contributed by atoms with Crippen LogP contribution in [-0.4, -0.2) is 23.0 Å². The van der Waals surface area contributed by atoms with Gasteiger partial charge in [0.2, 0.25) is 5.91 Å². The van der Waals surface area contributed by atoms with Crippen LogP contribution in [0.4, 0.5) is 13.2 Å². The van der Waals surface area contributed by atoms with Crippen molar-refractivity contribution in [2.24, 2.45) is 11.8 Å². The van der Waals surface area contributed by atoms with E-state index in [0.29, 0.717) is 0 Å². The number of nitrogens with two attached hydrogens (primary N) is 1. The zero-order valence-electron chi connectivity index (χ0n) is 5.76. The second-order valence-electron chi connectivity index (χ2n) is 2.40. The molecule has 68 valence electrons. The molecule has 2 amide bonds. The average Bonchev–Trinajstić information content (AvgIpc) is 2.15. The number of amides is 2. The molecular formula is C5H5F3N2O2. The van der Waals surface area contributed by atoms with Crippen LogP contribution in [0, 0.1) is 5.92 Å². The molecule has 1 fully saturated rings. The van der Waals surface area contributed by atoms with Crippen molar-refractivity contribution in [2.45, 2.75) is 12.6 Å². The highest BCUT2D eigenvalue weighted by Crippen LogP contribution is 2.33. The van der Waals surface area contributed by atoms with Gasteiger partial charge in [-0.2, -0.15) is 13.2 Å². The lowest BCUT2D eigenvalue weighted by Crippen LogP contribution is -2.39. The van der Waals surface area contributed by atoms with Crippen molar-refractivity contribution in [2.75, 3.05) is 0 Å². The molecule has 0 aliphatic carbocycles. The second-order valence-corrected chi connectivity index (χ2v) is 2.40. The summed E-state index contributed by atoms with van der Waals surface area (Å²) in [5.41, 5.74) is 0. The molecule has 0 aromatic rings. The summed E-state index contributed by atoms with van der Waals surface area (Å²) in [6, 6.07) is 0. The summed E-state index contributed by atoms with van der Waals surface area (Å²) in [6.45, 7) is 0. The smallest absolute Gasteiger partial charge is 0.273 e. The molecule has 1 saturated heterocycles. The molecule has 7 heteroatoms. The molecule has 0 aromatic carbocycles. The maximum absolute atomic E-state index is 11.9. The fraction of sp³-hybridized carbons (Fsp3) is 0.600. The number of carbonyl (C=O) groups is 2. The standard InChI is InChI=1S/C5H5F3N2O2/c6-5(7,8)2-1-3(11)10(9)4(2)12/h2H,1,9H2. The third kappa shape index (κ3) is 1.27. The van der Waals surface area contributed by atoms with Gasteiger partial charge in [-0.25, -0.2) is 10.9 Å². The van der Waals surface area contributed by atoms with E-state index < -0.39 is 30.3 Å². The normalized spacial score (nSPS) is 25.3. The third-order valence-electron chi connectivity index (χ3n) is 1.58. The highest BCUT2D eigenvalue weighted by molar-refractivity contribution is 6.03. The lowest BCUT2D eigenvalue weighted by molar-refractivity contribution is -0.181. The van der Waals surface area contributed by atoms with Gasteiger partial charge in [0, 0.05) is 6.42 Å². The summed E-state index contributed by atoms with van der Waals surface area (Å²) < 4.78 is 35.7. The van der Waals surface area contributed by atoms with E-state index in [2.05, 4.69) is 0 Å². The van der Waals surface area contributed by atoms with Crippen molar-refractivity contribution in [1.29, 1.82) is 0 Å². The Morgan fingerprint density at radius 2 is 1.92 bits per heavy atom. The molecule has 4 nitrogen and oxygen atoms in total. The number of imide groups is 1. The van der Waals surface area contributed by atoms with Crippen LogP contribution in [0.15, 0.2) is 0 Å². The van der Waals surface area contributed by atoms with Crippen molar-refractivity contribution in [3.8, 4) is 0 Å². The van der Waals surface area contributed by atoms with Crippen LogP contribution < -0.4 is 5.84 Å². The Balaban J connectivity index is 2.86. The first-order valence-corrected chi connectivity index (χ1v) is 3.02. The number of nitrogens with zero attached hydrogens (tertiary/aromatic N) is 1. The quantitative estimate of drug-likeness (QED) is 0.320. The number of hydrogen-bond donors (Lipinski definition) is 1. The van der Waals surface area contributed by atoms with Gasteiger partial charge in [0.1, 0.15) is 5.92 Å². The monoisotopic (exact) mass is 182 g/mol. The minimum atomic E-state index is -4.68. The van der Waals surface area contributed by atoms with E-state index in [1.807, 2.05) is 0 Å². The first-order chi connectivity index (χ1) is 5.34. The van der Waals surface area contributed by atoms with Crippen LogP contribution in [0.3, 0.4) is 0 Å². The minimum Gasteiger partial charge on any atom is -0.273 e. The largest absolute Gasteiger partial charge is 0.401 e. The fourth-order valence-corrected chi connectivity index (χ4v) is 0.907. The van der Waals surface area contributed by atoms with Crippen LogP contribution in [0.2, 0.25) is 0 Å². The van der Waals surface area contributed by atoms with Crippen molar-refractivity contribution in [3.63, 3.8) is 0 Å². The van der Waals surface area contributed by atoms with Gasteiger partial charge in [-0.15, -0.1) is 0 Å². The maximum atomic E-state index is 11.9. The van der Waals surface area contributed by atoms with Crippen LogP contribution in [0.25, 0.3) is 0 Å². The van der Waals surface area contributed by atoms with Crippen LogP contribution in [0.5, 0.6) is 0 Å². The molecule has 2 N–H and O–H groups in total. The van der Waals surface area contributed by atoms with Gasteiger partial charge in [-0.1, -0.05) is 0 Å². The number of carbonyl (C=O) groups excluding carboxylic acids is 2. The lowest BCUT2D eigenvalue weighted by atomic mass is 10.1. The number of rotatable bonds is 0.